The van der Waals surface area contributed by atoms with Crippen molar-refractivity contribution in [2.45, 2.75) is 26.9 Å². The van der Waals surface area contributed by atoms with E-state index in [1.165, 1.54) is 0 Å². The fourth-order valence-electron chi connectivity index (χ4n) is 4.03. The highest BCUT2D eigenvalue weighted by atomic mass is 35.5. The predicted octanol–water partition coefficient (Wildman–Crippen LogP) is 5.21. The molecule has 1 aliphatic heterocycles. The number of rotatable bonds is 11. The van der Waals surface area contributed by atoms with Crippen LogP contribution in [0.15, 0.2) is 66.7 Å². The Morgan fingerprint density at radius 3 is 2.43 bits per heavy atom. The molecule has 1 fully saturated rings. The molecular formula is C28H30ClN3O5. The monoisotopic (exact) mass is 523 g/mol. The molecule has 3 aromatic rings. The van der Waals surface area contributed by atoms with E-state index in [0.29, 0.717) is 42.0 Å². The Labute approximate surface area is 221 Å². The van der Waals surface area contributed by atoms with E-state index in [-0.39, 0.29) is 24.8 Å². The minimum absolute atomic E-state index is 0.106. The van der Waals surface area contributed by atoms with E-state index >= 15 is 0 Å². The van der Waals surface area contributed by atoms with Crippen LogP contribution >= 0.6 is 11.6 Å². The standard InChI is InChI=1S/C28H30ClN3O5/c1-3-35-23-12-10-22(11-13-23)32-17-20(14-26(32)33)28(34)31-30-21-15-24(29)27(25(16-21)36-4-2)37-18-19-8-6-5-7-9-19/h5-13,15-16,20,30H,3-4,14,17-18H2,1-2H3,(H,31,34)/t20-/m0/s1. The molecule has 0 aliphatic carbocycles. The quantitative estimate of drug-likeness (QED) is 0.335. The third-order valence-electron chi connectivity index (χ3n) is 5.82. The minimum Gasteiger partial charge on any atom is -0.494 e. The van der Waals surface area contributed by atoms with E-state index in [2.05, 4.69) is 10.9 Å². The van der Waals surface area contributed by atoms with Crippen LogP contribution in [0.2, 0.25) is 5.02 Å². The van der Waals surface area contributed by atoms with Crippen molar-refractivity contribution in [2.24, 2.45) is 5.92 Å². The summed E-state index contributed by atoms with van der Waals surface area (Å²) in [6.07, 6.45) is 0.123. The topological polar surface area (TPSA) is 89.1 Å². The summed E-state index contributed by atoms with van der Waals surface area (Å²) in [6, 6.07) is 20.4. The van der Waals surface area contributed by atoms with Crippen LogP contribution in [0.3, 0.4) is 0 Å². The lowest BCUT2D eigenvalue weighted by Crippen LogP contribution is -2.36. The van der Waals surface area contributed by atoms with Gasteiger partial charge in [0.15, 0.2) is 11.5 Å². The highest BCUT2D eigenvalue weighted by Crippen LogP contribution is 2.39. The zero-order valence-electron chi connectivity index (χ0n) is 20.8. The van der Waals surface area contributed by atoms with Crippen LogP contribution in [0.25, 0.3) is 0 Å². The van der Waals surface area contributed by atoms with Crippen molar-refractivity contribution in [1.29, 1.82) is 0 Å². The van der Waals surface area contributed by atoms with Gasteiger partial charge in [-0.25, -0.2) is 0 Å². The lowest BCUT2D eigenvalue weighted by atomic mass is 10.1. The Hall–Kier alpha value is -3.91. The number of benzene rings is 3. The number of carbonyl (C=O) groups is 2. The highest BCUT2D eigenvalue weighted by Gasteiger charge is 2.35. The van der Waals surface area contributed by atoms with Crippen LogP contribution in [0.4, 0.5) is 11.4 Å². The maximum Gasteiger partial charge on any atom is 0.243 e. The molecule has 0 unspecified atom stereocenters. The Balaban J connectivity index is 1.37. The van der Waals surface area contributed by atoms with E-state index in [0.717, 1.165) is 17.0 Å². The lowest BCUT2D eigenvalue weighted by molar-refractivity contribution is -0.125. The van der Waals surface area contributed by atoms with E-state index in [1.54, 1.807) is 17.0 Å². The number of ether oxygens (including phenoxy) is 3. The molecule has 3 aromatic carbocycles. The summed E-state index contributed by atoms with van der Waals surface area (Å²) >= 11 is 6.50. The molecule has 8 nitrogen and oxygen atoms in total. The van der Waals surface area contributed by atoms with Gasteiger partial charge >= 0.3 is 0 Å². The number of hydrogen-bond donors (Lipinski definition) is 2. The van der Waals surface area contributed by atoms with Gasteiger partial charge in [0.1, 0.15) is 12.4 Å². The first kappa shape index (κ1) is 26.2. The van der Waals surface area contributed by atoms with E-state index in [1.807, 2.05) is 68.4 Å². The molecule has 0 aromatic heterocycles. The summed E-state index contributed by atoms with van der Waals surface area (Å²) < 4.78 is 17.1. The van der Waals surface area contributed by atoms with Gasteiger partial charge in [-0.2, -0.15) is 0 Å². The van der Waals surface area contributed by atoms with Crippen molar-refractivity contribution < 1.29 is 23.8 Å². The Bertz CT molecular complexity index is 1220. The maximum atomic E-state index is 12.8. The number of amides is 2. The fourth-order valence-corrected chi connectivity index (χ4v) is 4.30. The SMILES string of the molecule is CCOc1ccc(N2C[C@@H](C(=O)NNc3cc(Cl)c(OCc4ccccc4)c(OCC)c3)CC2=O)cc1. The number of halogens is 1. The van der Waals surface area contributed by atoms with Gasteiger partial charge in [0.05, 0.1) is 29.8 Å². The number of anilines is 2. The van der Waals surface area contributed by atoms with Crippen molar-refractivity contribution in [3.8, 4) is 17.2 Å². The lowest BCUT2D eigenvalue weighted by Gasteiger charge is -2.18. The van der Waals surface area contributed by atoms with Crippen LogP contribution < -0.4 is 30.0 Å². The number of hydrogen-bond acceptors (Lipinski definition) is 6. The van der Waals surface area contributed by atoms with Crippen LogP contribution in [-0.4, -0.2) is 31.6 Å². The molecule has 0 bridgehead atoms. The Kier molecular flexibility index (Phi) is 8.74. The molecule has 4 rings (SSSR count). The van der Waals surface area contributed by atoms with E-state index in [9.17, 15) is 9.59 Å². The first-order chi connectivity index (χ1) is 18.0. The van der Waals surface area contributed by atoms with Crippen molar-refractivity contribution in [1.82, 2.24) is 5.43 Å². The summed E-state index contributed by atoms with van der Waals surface area (Å²) in [5, 5.41) is 0.344. The fraction of sp³-hybridized carbons (Fsp3) is 0.286. The van der Waals surface area contributed by atoms with Gasteiger partial charge in [-0.15, -0.1) is 0 Å². The summed E-state index contributed by atoms with van der Waals surface area (Å²) in [7, 11) is 0. The molecule has 37 heavy (non-hydrogen) atoms. The molecule has 1 aliphatic rings. The normalized spacial score (nSPS) is 14.8. The largest absolute Gasteiger partial charge is 0.494 e. The maximum absolute atomic E-state index is 12.8. The molecule has 1 saturated heterocycles. The average molecular weight is 524 g/mol. The second-order valence-electron chi connectivity index (χ2n) is 8.44. The Morgan fingerprint density at radius 2 is 1.73 bits per heavy atom. The minimum atomic E-state index is -0.498. The predicted molar refractivity (Wildman–Crippen MR) is 143 cm³/mol. The number of nitrogens with zero attached hydrogens (tertiary/aromatic N) is 1. The summed E-state index contributed by atoms with van der Waals surface area (Å²) in [5.74, 6) is 0.725. The van der Waals surface area contributed by atoms with Crippen LogP contribution in [0, 0.1) is 5.92 Å². The summed E-state index contributed by atoms with van der Waals surface area (Å²) in [5.41, 5.74) is 7.84. The highest BCUT2D eigenvalue weighted by molar-refractivity contribution is 6.32. The second-order valence-corrected chi connectivity index (χ2v) is 8.85. The van der Waals surface area contributed by atoms with Gasteiger partial charge in [0.25, 0.3) is 0 Å². The van der Waals surface area contributed by atoms with Gasteiger partial charge in [0, 0.05) is 24.7 Å². The molecule has 9 heteroatoms. The summed E-state index contributed by atoms with van der Waals surface area (Å²) in [4.78, 5) is 27.0. The van der Waals surface area contributed by atoms with E-state index < -0.39 is 5.92 Å². The van der Waals surface area contributed by atoms with Crippen LogP contribution in [-0.2, 0) is 16.2 Å². The van der Waals surface area contributed by atoms with Gasteiger partial charge in [0.2, 0.25) is 11.8 Å². The zero-order chi connectivity index (χ0) is 26.2. The number of carbonyl (C=O) groups excluding carboxylic acids is 2. The molecule has 2 amide bonds. The average Bonchev–Trinajstić information content (AvgIpc) is 3.30. The smallest absolute Gasteiger partial charge is 0.243 e. The van der Waals surface area contributed by atoms with Crippen molar-refractivity contribution in [3.05, 3.63) is 77.3 Å². The number of nitrogens with one attached hydrogen (secondary N) is 2. The van der Waals surface area contributed by atoms with Crippen LogP contribution in [0.1, 0.15) is 25.8 Å². The first-order valence-electron chi connectivity index (χ1n) is 12.2. The molecule has 0 radical (unpaired) electrons. The molecular weight excluding hydrogens is 494 g/mol. The molecule has 0 spiro atoms. The Morgan fingerprint density at radius 1 is 1.00 bits per heavy atom. The van der Waals surface area contributed by atoms with Crippen molar-refractivity contribution in [2.75, 3.05) is 30.1 Å². The third-order valence-corrected chi connectivity index (χ3v) is 6.10. The van der Waals surface area contributed by atoms with Crippen molar-refractivity contribution >= 4 is 34.8 Å². The molecule has 1 atom stereocenters. The van der Waals surface area contributed by atoms with Crippen molar-refractivity contribution in [3.63, 3.8) is 0 Å². The van der Waals surface area contributed by atoms with Gasteiger partial charge in [-0.05, 0) is 49.7 Å². The first-order valence-corrected chi connectivity index (χ1v) is 12.6. The zero-order valence-corrected chi connectivity index (χ0v) is 21.6. The molecule has 194 valence electrons. The second kappa shape index (κ2) is 12.4. The van der Waals surface area contributed by atoms with Gasteiger partial charge in [-0.3, -0.25) is 20.4 Å². The van der Waals surface area contributed by atoms with Gasteiger partial charge < -0.3 is 19.1 Å². The number of hydrazine groups is 1. The molecule has 1 heterocycles. The third kappa shape index (κ3) is 6.65. The van der Waals surface area contributed by atoms with E-state index in [4.69, 9.17) is 25.8 Å². The molecule has 0 saturated carbocycles. The summed E-state index contributed by atoms with van der Waals surface area (Å²) in [6.45, 7) is 5.39. The molecule has 2 N–H and O–H groups in total. The van der Waals surface area contributed by atoms with Crippen LogP contribution in [0.5, 0.6) is 17.2 Å². The van der Waals surface area contributed by atoms with Gasteiger partial charge in [-0.1, -0.05) is 41.9 Å².